The van der Waals surface area contributed by atoms with Crippen LogP contribution in [-0.2, 0) is 15.7 Å². The summed E-state index contributed by atoms with van der Waals surface area (Å²) in [6.07, 6.45) is 6.19. The van der Waals surface area contributed by atoms with Crippen LogP contribution in [-0.4, -0.2) is 52.8 Å². The van der Waals surface area contributed by atoms with E-state index in [0.29, 0.717) is 49.3 Å². The molecule has 2 bridgehead atoms. The first-order valence-electron chi connectivity index (χ1n) is 14.7. The van der Waals surface area contributed by atoms with Crippen LogP contribution in [0.5, 0.6) is 0 Å². The lowest BCUT2D eigenvalue weighted by Gasteiger charge is -2.32. The number of pyridine rings is 2. The van der Waals surface area contributed by atoms with Crippen LogP contribution in [0.3, 0.4) is 0 Å². The molecule has 0 radical (unpaired) electrons. The second-order valence-electron chi connectivity index (χ2n) is 11.0. The van der Waals surface area contributed by atoms with E-state index in [9.17, 15) is 22.8 Å². The van der Waals surface area contributed by atoms with E-state index in [4.69, 9.17) is 15.9 Å². The molecule has 2 atom stereocenters. The molecule has 236 valence electrons. The molecule has 2 amide bonds. The highest BCUT2D eigenvalue weighted by Crippen LogP contribution is 2.33. The molecule has 0 saturated heterocycles. The summed E-state index contributed by atoms with van der Waals surface area (Å²) in [5, 5.41) is 18.2. The third-order valence-electron chi connectivity index (χ3n) is 7.74. The largest absolute Gasteiger partial charge is 0.416 e. The highest BCUT2D eigenvalue weighted by molar-refractivity contribution is 6.17. The standard InChI is InChI=1S/C32H34F3N7O3/c33-32(34,35)22-12-13-38-25(16-22)42-31(44)20-10-8-19(9-11-20)28(36)27-29-21(18-39-30(27)37)4-2-14-45-15-3-7-26(43)40-23-5-1-6-24(17-23)41-29/h2,4,8-13,16,18,23-24,36,41H,1,3,5-7,14-15,17H2,(H2,37,39)(H,40,43)(H,38,42,44)/b4-2+,36-28?/t23-,24-/m1/s1. The number of fused-ring (bicyclic) bond motifs is 3. The Morgan fingerprint density at radius 2 is 1.78 bits per heavy atom. The Labute approximate surface area is 258 Å². The number of hydrogen-bond acceptors (Lipinski definition) is 8. The molecule has 3 aromatic rings. The first-order valence-corrected chi connectivity index (χ1v) is 14.7. The molecule has 0 spiro atoms. The molecule has 1 aromatic carbocycles. The number of carbonyl (C=O) groups excluding carboxylic acids is 2. The van der Waals surface area contributed by atoms with Gasteiger partial charge in [0.05, 0.1) is 29.1 Å². The second kappa shape index (κ2) is 13.9. The molecule has 1 aliphatic heterocycles. The summed E-state index contributed by atoms with van der Waals surface area (Å²) in [5.74, 6) is -0.732. The Bertz CT molecular complexity index is 1590. The van der Waals surface area contributed by atoms with E-state index in [-0.39, 0.29) is 40.9 Å². The fourth-order valence-electron chi connectivity index (χ4n) is 5.49. The molecule has 1 saturated carbocycles. The number of ether oxygens (including phenoxy) is 1. The lowest BCUT2D eigenvalue weighted by atomic mass is 9.89. The lowest BCUT2D eigenvalue weighted by Crippen LogP contribution is -2.42. The van der Waals surface area contributed by atoms with Crippen molar-refractivity contribution in [1.29, 1.82) is 5.41 Å². The maximum absolute atomic E-state index is 13.1. The van der Waals surface area contributed by atoms with Gasteiger partial charge in [0.2, 0.25) is 5.91 Å². The molecule has 6 N–H and O–H groups in total. The lowest BCUT2D eigenvalue weighted by molar-refractivity contribution is -0.137. The number of benzene rings is 1. The zero-order chi connectivity index (χ0) is 32.0. The van der Waals surface area contributed by atoms with Crippen molar-refractivity contribution >= 4 is 40.9 Å². The van der Waals surface area contributed by atoms with Crippen molar-refractivity contribution in [2.75, 3.05) is 29.6 Å². The summed E-state index contributed by atoms with van der Waals surface area (Å²) >= 11 is 0. The number of halogens is 3. The van der Waals surface area contributed by atoms with Gasteiger partial charge in [-0.1, -0.05) is 24.3 Å². The molecule has 45 heavy (non-hydrogen) atoms. The molecule has 2 aromatic heterocycles. The van der Waals surface area contributed by atoms with Crippen LogP contribution in [0.15, 0.2) is 54.9 Å². The molecule has 10 nitrogen and oxygen atoms in total. The van der Waals surface area contributed by atoms with Gasteiger partial charge in [-0.15, -0.1) is 0 Å². The number of rotatable bonds is 4. The molecule has 1 fully saturated rings. The third-order valence-corrected chi connectivity index (χ3v) is 7.74. The van der Waals surface area contributed by atoms with Crippen LogP contribution in [0, 0.1) is 5.41 Å². The Hall–Kier alpha value is -4.78. The van der Waals surface area contributed by atoms with Crippen molar-refractivity contribution in [3.05, 3.63) is 82.7 Å². The van der Waals surface area contributed by atoms with Crippen molar-refractivity contribution in [1.82, 2.24) is 15.3 Å². The van der Waals surface area contributed by atoms with Crippen LogP contribution in [0.2, 0.25) is 0 Å². The fraction of sp³-hybridized carbons (Fsp3) is 0.344. The smallest absolute Gasteiger partial charge is 0.383 e. The Balaban J connectivity index is 1.40. The van der Waals surface area contributed by atoms with E-state index in [1.165, 1.54) is 12.1 Å². The summed E-state index contributed by atoms with van der Waals surface area (Å²) < 4.78 is 44.8. The van der Waals surface area contributed by atoms with Gasteiger partial charge in [-0.3, -0.25) is 15.0 Å². The average molecular weight is 622 g/mol. The van der Waals surface area contributed by atoms with Crippen molar-refractivity contribution in [2.24, 2.45) is 0 Å². The SMILES string of the molecule is N=C(c1ccc(C(=O)Nc2cc(C(F)(F)F)ccn2)cc1)c1c(N)ncc2c1N[C@@H]1CCC[C@H](C1)NC(=O)CCCOC/C=C/2. The van der Waals surface area contributed by atoms with Crippen molar-refractivity contribution < 1.29 is 27.5 Å². The number of aromatic nitrogens is 2. The van der Waals surface area contributed by atoms with Crippen LogP contribution < -0.4 is 21.7 Å². The van der Waals surface area contributed by atoms with Gasteiger partial charge in [-0.2, -0.15) is 13.2 Å². The number of amides is 2. The molecule has 5 rings (SSSR count). The minimum Gasteiger partial charge on any atom is -0.383 e. The normalized spacial score (nSPS) is 19.9. The van der Waals surface area contributed by atoms with Crippen LogP contribution in [0.25, 0.3) is 6.08 Å². The van der Waals surface area contributed by atoms with Crippen molar-refractivity contribution in [2.45, 2.75) is 56.8 Å². The van der Waals surface area contributed by atoms with E-state index in [0.717, 1.165) is 43.2 Å². The second-order valence-corrected chi connectivity index (χ2v) is 11.0. The predicted octanol–water partition coefficient (Wildman–Crippen LogP) is 5.41. The maximum Gasteiger partial charge on any atom is 0.416 e. The van der Waals surface area contributed by atoms with Crippen LogP contribution >= 0.6 is 0 Å². The highest BCUT2D eigenvalue weighted by Gasteiger charge is 2.31. The molecule has 3 heterocycles. The molecular formula is C32H34F3N7O3. The van der Waals surface area contributed by atoms with Gasteiger partial charge >= 0.3 is 6.18 Å². The number of nitrogen functional groups attached to an aromatic ring is 1. The van der Waals surface area contributed by atoms with E-state index in [1.54, 1.807) is 18.3 Å². The zero-order valence-corrected chi connectivity index (χ0v) is 24.4. The Kier molecular flexibility index (Phi) is 9.77. The van der Waals surface area contributed by atoms with Gasteiger partial charge in [0, 0.05) is 54.2 Å². The van der Waals surface area contributed by atoms with Gasteiger partial charge in [-0.25, -0.2) is 9.97 Å². The number of nitrogens with zero attached hydrogens (tertiary/aromatic N) is 2. The molecule has 1 aliphatic carbocycles. The van der Waals surface area contributed by atoms with Gasteiger partial charge in [-0.05, 0) is 56.4 Å². The topological polar surface area (TPSA) is 155 Å². The van der Waals surface area contributed by atoms with Crippen molar-refractivity contribution in [3.8, 4) is 0 Å². The molecular weight excluding hydrogens is 587 g/mol. The van der Waals surface area contributed by atoms with Gasteiger partial charge in [0.15, 0.2) is 0 Å². The quantitative estimate of drug-likeness (QED) is 0.244. The van der Waals surface area contributed by atoms with Gasteiger partial charge < -0.3 is 26.4 Å². The van der Waals surface area contributed by atoms with E-state index in [1.807, 2.05) is 12.2 Å². The fourth-order valence-corrected chi connectivity index (χ4v) is 5.49. The average Bonchev–Trinajstić information content (AvgIpc) is 3.01. The third kappa shape index (κ3) is 8.04. The first-order chi connectivity index (χ1) is 21.6. The predicted molar refractivity (Wildman–Crippen MR) is 165 cm³/mol. The summed E-state index contributed by atoms with van der Waals surface area (Å²) in [6, 6.07) is 7.71. The van der Waals surface area contributed by atoms with E-state index < -0.39 is 17.6 Å². The molecule has 0 unspecified atom stereocenters. The van der Waals surface area contributed by atoms with E-state index in [2.05, 4.69) is 25.9 Å². The van der Waals surface area contributed by atoms with Crippen LogP contribution in [0.1, 0.15) is 71.1 Å². The summed E-state index contributed by atoms with van der Waals surface area (Å²) in [7, 11) is 0. The number of nitrogens with one attached hydrogen (secondary N) is 4. The maximum atomic E-state index is 13.1. The summed E-state index contributed by atoms with van der Waals surface area (Å²) in [4.78, 5) is 33.4. The summed E-state index contributed by atoms with van der Waals surface area (Å²) in [6.45, 7) is 0.792. The first kappa shape index (κ1) is 31.6. The van der Waals surface area contributed by atoms with Crippen LogP contribution in [0.4, 0.5) is 30.5 Å². The van der Waals surface area contributed by atoms with Gasteiger partial charge in [0.25, 0.3) is 5.91 Å². The number of alkyl halides is 3. The van der Waals surface area contributed by atoms with E-state index >= 15 is 0 Å². The molecule has 2 aliphatic rings. The number of nitrogens with two attached hydrogens (primary N) is 1. The minimum absolute atomic E-state index is 0.00851. The van der Waals surface area contributed by atoms with Crippen molar-refractivity contribution in [3.63, 3.8) is 0 Å². The zero-order valence-electron chi connectivity index (χ0n) is 24.4. The minimum atomic E-state index is -4.57. The summed E-state index contributed by atoms with van der Waals surface area (Å²) in [5.41, 5.74) is 7.87. The Morgan fingerprint density at radius 1 is 1.04 bits per heavy atom. The number of anilines is 3. The van der Waals surface area contributed by atoms with Gasteiger partial charge in [0.1, 0.15) is 11.6 Å². The Morgan fingerprint density at radius 3 is 2.53 bits per heavy atom. The monoisotopic (exact) mass is 621 g/mol. The number of hydrogen-bond donors (Lipinski definition) is 5. The number of carbonyl (C=O) groups is 2. The molecule has 13 heteroatoms. The highest BCUT2D eigenvalue weighted by atomic mass is 19.4.